The Morgan fingerprint density at radius 1 is 1.33 bits per heavy atom. The monoisotopic (exact) mass is 205 g/mol. The average molecular weight is 205 g/mol. The lowest BCUT2D eigenvalue weighted by Gasteiger charge is -2.01. The topological polar surface area (TPSA) is 66.7 Å². The van der Waals surface area contributed by atoms with Gasteiger partial charge in [-0.25, -0.2) is 0 Å². The highest BCUT2D eigenvalue weighted by Crippen LogP contribution is 2.11. The van der Waals surface area contributed by atoms with Crippen molar-refractivity contribution in [3.05, 3.63) is 52.3 Å². The molecule has 1 rings (SSSR count). The Kier molecular flexibility index (Phi) is 3.74. The molecule has 0 fully saturated rings. The maximum Gasteiger partial charge on any atom is 0.188 e. The standard InChI is InChI=1S/C11H11NO3/c1-8(13)11(12-15)10(14)7-9-5-3-2-4-6-9/h2-6,14H,7H2,1H3. The van der Waals surface area contributed by atoms with Crippen LogP contribution in [0.25, 0.3) is 0 Å². The van der Waals surface area contributed by atoms with Crippen LogP contribution >= 0.6 is 0 Å². The lowest BCUT2D eigenvalue weighted by molar-refractivity contribution is -0.113. The van der Waals surface area contributed by atoms with Gasteiger partial charge in [-0.2, -0.15) is 0 Å². The summed E-state index contributed by atoms with van der Waals surface area (Å²) in [5.74, 6) is -0.817. The fourth-order valence-corrected chi connectivity index (χ4v) is 1.19. The number of Topliss-reactive ketones (excluding diaryl/α,β-unsaturated/α-hetero) is 1. The number of hydrogen-bond donors (Lipinski definition) is 1. The van der Waals surface area contributed by atoms with Crippen LogP contribution in [0.4, 0.5) is 0 Å². The second-order valence-corrected chi connectivity index (χ2v) is 3.11. The minimum Gasteiger partial charge on any atom is -0.509 e. The molecule has 0 unspecified atom stereocenters. The minimum absolute atomic E-state index is 0.140. The number of ketones is 1. The molecule has 0 radical (unpaired) electrons. The van der Waals surface area contributed by atoms with E-state index < -0.39 is 11.5 Å². The summed E-state index contributed by atoms with van der Waals surface area (Å²) in [7, 11) is 0. The van der Waals surface area contributed by atoms with Gasteiger partial charge in [0.15, 0.2) is 11.5 Å². The van der Waals surface area contributed by atoms with Crippen LogP contribution in [-0.4, -0.2) is 10.9 Å². The molecule has 4 nitrogen and oxygen atoms in total. The Balaban J connectivity index is 2.91. The summed E-state index contributed by atoms with van der Waals surface area (Å²) in [5.41, 5.74) is 0.413. The number of nitroso groups, excluding NO2 is 1. The van der Waals surface area contributed by atoms with Crippen molar-refractivity contribution in [2.75, 3.05) is 0 Å². The third-order valence-corrected chi connectivity index (χ3v) is 1.91. The van der Waals surface area contributed by atoms with E-state index in [1.54, 1.807) is 12.1 Å². The zero-order valence-electron chi connectivity index (χ0n) is 8.30. The Hall–Kier alpha value is -1.97. The van der Waals surface area contributed by atoms with Gasteiger partial charge in [0, 0.05) is 13.3 Å². The van der Waals surface area contributed by atoms with E-state index in [1.165, 1.54) is 6.92 Å². The van der Waals surface area contributed by atoms with Crippen molar-refractivity contribution in [3.8, 4) is 0 Å². The minimum atomic E-state index is -0.529. The second kappa shape index (κ2) is 5.05. The largest absolute Gasteiger partial charge is 0.509 e. The van der Waals surface area contributed by atoms with Gasteiger partial charge in [0.05, 0.1) is 0 Å². The molecule has 1 aromatic carbocycles. The summed E-state index contributed by atoms with van der Waals surface area (Å²) >= 11 is 0. The summed E-state index contributed by atoms with van der Waals surface area (Å²) < 4.78 is 0. The van der Waals surface area contributed by atoms with Crippen molar-refractivity contribution in [3.63, 3.8) is 0 Å². The van der Waals surface area contributed by atoms with E-state index in [9.17, 15) is 14.8 Å². The number of rotatable bonds is 4. The average Bonchev–Trinajstić information content (AvgIpc) is 2.19. The first-order valence-corrected chi connectivity index (χ1v) is 4.45. The molecule has 1 aromatic rings. The molecular weight excluding hydrogens is 194 g/mol. The normalized spacial score (nSPS) is 11.8. The van der Waals surface area contributed by atoms with Crippen molar-refractivity contribution >= 4 is 5.78 Å². The third kappa shape index (κ3) is 3.02. The molecule has 0 heterocycles. The van der Waals surface area contributed by atoms with Crippen molar-refractivity contribution in [1.29, 1.82) is 0 Å². The number of nitrogens with zero attached hydrogens (tertiary/aromatic N) is 1. The maximum absolute atomic E-state index is 10.9. The van der Waals surface area contributed by atoms with Crippen LogP contribution in [0.3, 0.4) is 0 Å². The summed E-state index contributed by atoms with van der Waals surface area (Å²) in [5, 5.41) is 12.0. The predicted molar refractivity (Wildman–Crippen MR) is 56.3 cm³/mol. The summed E-state index contributed by atoms with van der Waals surface area (Å²) in [6, 6.07) is 9.04. The van der Waals surface area contributed by atoms with Gasteiger partial charge in [-0.3, -0.25) is 4.79 Å². The summed E-state index contributed by atoms with van der Waals surface area (Å²) in [6.07, 6.45) is 0.140. The van der Waals surface area contributed by atoms with Gasteiger partial charge in [0.1, 0.15) is 5.76 Å². The first-order valence-electron chi connectivity index (χ1n) is 4.45. The quantitative estimate of drug-likeness (QED) is 0.466. The number of aliphatic hydroxyl groups is 1. The molecule has 4 heteroatoms. The van der Waals surface area contributed by atoms with Gasteiger partial charge in [-0.1, -0.05) is 30.3 Å². The zero-order chi connectivity index (χ0) is 11.3. The lowest BCUT2D eigenvalue weighted by Crippen LogP contribution is -2.01. The van der Waals surface area contributed by atoms with Crippen LogP contribution < -0.4 is 0 Å². The van der Waals surface area contributed by atoms with Gasteiger partial charge < -0.3 is 5.11 Å². The van der Waals surface area contributed by atoms with Crippen LogP contribution in [0.1, 0.15) is 12.5 Å². The van der Waals surface area contributed by atoms with Gasteiger partial charge in [-0.05, 0) is 10.7 Å². The van der Waals surface area contributed by atoms with E-state index >= 15 is 0 Å². The molecule has 0 saturated carbocycles. The highest BCUT2D eigenvalue weighted by atomic mass is 16.3. The molecule has 0 amide bonds. The highest BCUT2D eigenvalue weighted by Gasteiger charge is 2.11. The Bertz CT molecular complexity index is 396. The Morgan fingerprint density at radius 2 is 1.93 bits per heavy atom. The Labute approximate surface area is 87.2 Å². The highest BCUT2D eigenvalue weighted by molar-refractivity contribution is 5.93. The lowest BCUT2D eigenvalue weighted by atomic mass is 10.1. The van der Waals surface area contributed by atoms with E-state index in [-0.39, 0.29) is 12.2 Å². The molecule has 0 saturated heterocycles. The smallest absolute Gasteiger partial charge is 0.188 e. The van der Waals surface area contributed by atoms with Gasteiger partial charge in [0.25, 0.3) is 0 Å². The van der Waals surface area contributed by atoms with Gasteiger partial charge in [0.2, 0.25) is 0 Å². The van der Waals surface area contributed by atoms with Crippen LogP contribution in [0.15, 0.2) is 47.0 Å². The molecule has 0 aliphatic carbocycles. The van der Waals surface area contributed by atoms with Gasteiger partial charge >= 0.3 is 0 Å². The van der Waals surface area contributed by atoms with Crippen LogP contribution in [0.5, 0.6) is 0 Å². The number of benzene rings is 1. The molecule has 0 atom stereocenters. The maximum atomic E-state index is 10.9. The van der Waals surface area contributed by atoms with E-state index in [0.29, 0.717) is 0 Å². The summed E-state index contributed by atoms with van der Waals surface area (Å²) in [6.45, 7) is 1.19. The number of hydrogen-bond acceptors (Lipinski definition) is 4. The van der Waals surface area contributed by atoms with Gasteiger partial charge in [-0.15, -0.1) is 4.91 Å². The number of aliphatic hydroxyl groups excluding tert-OH is 1. The van der Waals surface area contributed by atoms with Crippen molar-refractivity contribution in [1.82, 2.24) is 0 Å². The SMILES string of the molecule is CC(=O)C(N=O)=C(O)Cc1ccccc1. The zero-order valence-corrected chi connectivity index (χ0v) is 8.30. The third-order valence-electron chi connectivity index (χ3n) is 1.91. The van der Waals surface area contributed by atoms with E-state index in [2.05, 4.69) is 5.18 Å². The molecule has 78 valence electrons. The van der Waals surface area contributed by atoms with E-state index in [4.69, 9.17) is 0 Å². The summed E-state index contributed by atoms with van der Waals surface area (Å²) in [4.78, 5) is 21.2. The fourth-order valence-electron chi connectivity index (χ4n) is 1.19. The van der Waals surface area contributed by atoms with Crippen molar-refractivity contribution in [2.24, 2.45) is 5.18 Å². The molecule has 0 spiro atoms. The molecule has 0 aliphatic rings. The Morgan fingerprint density at radius 3 is 2.40 bits per heavy atom. The molecule has 0 aromatic heterocycles. The molecule has 0 aliphatic heterocycles. The predicted octanol–water partition coefficient (Wildman–Crippen LogP) is 2.35. The first-order chi connectivity index (χ1) is 7.15. The molecular formula is C11H11NO3. The van der Waals surface area contributed by atoms with E-state index in [1.807, 2.05) is 18.2 Å². The van der Waals surface area contributed by atoms with E-state index in [0.717, 1.165) is 5.56 Å². The second-order valence-electron chi connectivity index (χ2n) is 3.11. The fraction of sp³-hybridized carbons (Fsp3) is 0.182. The number of carbonyl (C=O) groups is 1. The molecule has 15 heavy (non-hydrogen) atoms. The first kappa shape index (κ1) is 11.1. The molecule has 0 bridgehead atoms. The van der Waals surface area contributed by atoms with Crippen molar-refractivity contribution in [2.45, 2.75) is 13.3 Å². The van der Waals surface area contributed by atoms with Crippen LogP contribution in [-0.2, 0) is 11.2 Å². The van der Waals surface area contributed by atoms with Crippen molar-refractivity contribution < 1.29 is 9.90 Å². The van der Waals surface area contributed by atoms with Crippen LogP contribution in [0, 0.1) is 4.91 Å². The number of carbonyl (C=O) groups excluding carboxylic acids is 1. The number of allylic oxidation sites excluding steroid dienone is 2. The molecule has 1 N–H and O–H groups in total. The van der Waals surface area contributed by atoms with Crippen LogP contribution in [0.2, 0.25) is 0 Å².